The van der Waals surface area contributed by atoms with Crippen LogP contribution in [0.4, 0.5) is 0 Å². The first-order valence-electron chi connectivity index (χ1n) is 3.97. The standard InChI is InChI=1S/C7H11IN3O/c1-2-3-4-6-10-7(8)9-5-11(6)12/h5-6H,2-4H2,1H3/q+1. The Bertz CT molecular complexity index is 237. The van der Waals surface area contributed by atoms with Crippen LogP contribution in [0.3, 0.4) is 0 Å². The van der Waals surface area contributed by atoms with E-state index >= 15 is 0 Å². The fraction of sp³-hybridized carbons (Fsp3) is 0.714. The summed E-state index contributed by atoms with van der Waals surface area (Å²) < 4.78 is 1.48. The minimum atomic E-state index is -0.241. The smallest absolute Gasteiger partial charge is 0.187 e. The molecule has 66 valence electrons. The summed E-state index contributed by atoms with van der Waals surface area (Å²) in [5.74, 6) is 0. The second-order valence-electron chi connectivity index (χ2n) is 2.63. The lowest BCUT2D eigenvalue weighted by atomic mass is 10.2. The largest absolute Gasteiger partial charge is 0.330 e. The van der Waals surface area contributed by atoms with Gasteiger partial charge in [-0.3, -0.25) is 0 Å². The van der Waals surface area contributed by atoms with Gasteiger partial charge in [0.1, 0.15) is 0 Å². The van der Waals surface area contributed by atoms with Crippen LogP contribution in [0.1, 0.15) is 26.2 Å². The minimum Gasteiger partial charge on any atom is -0.187 e. The molecular weight excluding hydrogens is 269 g/mol. The third-order valence-electron chi connectivity index (χ3n) is 1.64. The van der Waals surface area contributed by atoms with Crippen molar-refractivity contribution in [3.8, 4) is 0 Å². The Kier molecular flexibility index (Phi) is 3.77. The van der Waals surface area contributed by atoms with Gasteiger partial charge < -0.3 is 0 Å². The quantitative estimate of drug-likeness (QED) is 0.443. The Labute approximate surface area is 84.9 Å². The van der Waals surface area contributed by atoms with Crippen molar-refractivity contribution in [1.29, 1.82) is 0 Å². The average molecular weight is 280 g/mol. The van der Waals surface area contributed by atoms with Crippen molar-refractivity contribution in [3.05, 3.63) is 4.91 Å². The molecule has 1 aliphatic rings. The molecule has 0 saturated heterocycles. The normalized spacial score (nSPS) is 22.7. The maximum Gasteiger partial charge on any atom is 0.330 e. The Morgan fingerprint density at radius 3 is 3.17 bits per heavy atom. The van der Waals surface area contributed by atoms with Crippen LogP contribution in [-0.4, -0.2) is 21.1 Å². The van der Waals surface area contributed by atoms with Gasteiger partial charge in [-0.05, 0) is 16.2 Å². The molecule has 0 saturated carbocycles. The Morgan fingerprint density at radius 2 is 2.50 bits per heavy atom. The van der Waals surface area contributed by atoms with Crippen LogP contribution in [0.5, 0.6) is 0 Å². The zero-order valence-electron chi connectivity index (χ0n) is 6.90. The molecule has 1 unspecified atom stereocenters. The van der Waals surface area contributed by atoms with Crippen molar-refractivity contribution in [2.24, 2.45) is 9.98 Å². The highest BCUT2D eigenvalue weighted by atomic mass is 127. The predicted molar refractivity (Wildman–Crippen MR) is 56.9 cm³/mol. The van der Waals surface area contributed by atoms with Gasteiger partial charge in [0.05, 0.1) is 0 Å². The molecule has 0 aromatic rings. The number of hydrogen-bond acceptors (Lipinski definition) is 3. The van der Waals surface area contributed by atoms with Crippen LogP contribution >= 0.6 is 22.6 Å². The molecule has 0 fully saturated rings. The summed E-state index contributed by atoms with van der Waals surface area (Å²) >= 11 is 2.02. The Morgan fingerprint density at radius 1 is 1.75 bits per heavy atom. The fourth-order valence-electron chi connectivity index (χ4n) is 0.973. The zero-order valence-corrected chi connectivity index (χ0v) is 9.06. The van der Waals surface area contributed by atoms with Gasteiger partial charge in [-0.25, -0.2) is 0 Å². The van der Waals surface area contributed by atoms with E-state index in [4.69, 9.17) is 0 Å². The van der Waals surface area contributed by atoms with E-state index in [0.29, 0.717) is 3.84 Å². The number of aliphatic imine (C=N–C) groups is 2. The summed E-state index contributed by atoms with van der Waals surface area (Å²) in [6.07, 6.45) is 4.00. The van der Waals surface area contributed by atoms with E-state index < -0.39 is 0 Å². The van der Waals surface area contributed by atoms with E-state index in [1.165, 1.54) is 6.34 Å². The number of amidine groups is 1. The number of rotatable bonds is 3. The fourth-order valence-corrected chi connectivity index (χ4v) is 1.42. The molecule has 0 spiro atoms. The van der Waals surface area contributed by atoms with Gasteiger partial charge in [0.2, 0.25) is 6.17 Å². The monoisotopic (exact) mass is 280 g/mol. The van der Waals surface area contributed by atoms with Gasteiger partial charge >= 0.3 is 10.2 Å². The molecule has 0 aromatic heterocycles. The van der Waals surface area contributed by atoms with Crippen molar-refractivity contribution < 1.29 is 4.76 Å². The molecule has 1 rings (SSSR count). The van der Waals surface area contributed by atoms with Crippen molar-refractivity contribution in [1.82, 2.24) is 0 Å². The molecule has 1 heterocycles. The van der Waals surface area contributed by atoms with Crippen LogP contribution in [0.15, 0.2) is 9.98 Å². The minimum absolute atomic E-state index is 0.241. The van der Waals surface area contributed by atoms with Crippen LogP contribution in [0, 0.1) is 4.91 Å². The molecule has 5 heteroatoms. The predicted octanol–water partition coefficient (Wildman–Crippen LogP) is 2.11. The summed E-state index contributed by atoms with van der Waals surface area (Å²) in [5.41, 5.74) is 0. The molecule has 12 heavy (non-hydrogen) atoms. The first-order chi connectivity index (χ1) is 5.74. The highest BCUT2D eigenvalue weighted by molar-refractivity contribution is 14.1. The molecule has 1 aliphatic heterocycles. The lowest BCUT2D eigenvalue weighted by Crippen LogP contribution is -2.25. The molecule has 0 amide bonds. The van der Waals surface area contributed by atoms with E-state index in [1.807, 2.05) is 22.6 Å². The molecular formula is C7H11IN3O+. The number of nitrogens with zero attached hydrogens (tertiary/aromatic N) is 3. The van der Waals surface area contributed by atoms with E-state index in [0.717, 1.165) is 24.0 Å². The highest BCUT2D eigenvalue weighted by Gasteiger charge is 2.23. The second kappa shape index (κ2) is 4.64. The molecule has 0 bridgehead atoms. The molecule has 0 N–H and O–H groups in total. The van der Waals surface area contributed by atoms with E-state index in [2.05, 4.69) is 16.9 Å². The number of halogens is 1. The maximum atomic E-state index is 11.1. The lowest BCUT2D eigenvalue weighted by Gasteiger charge is -2.05. The third kappa shape index (κ3) is 2.62. The van der Waals surface area contributed by atoms with Crippen molar-refractivity contribution in [2.75, 3.05) is 0 Å². The topological polar surface area (TPSA) is 44.8 Å². The number of unbranched alkanes of at least 4 members (excludes halogenated alkanes) is 1. The molecule has 0 radical (unpaired) electrons. The summed E-state index contributed by atoms with van der Waals surface area (Å²) in [6, 6.07) is 0. The summed E-state index contributed by atoms with van der Waals surface area (Å²) in [7, 11) is 0. The van der Waals surface area contributed by atoms with Crippen LogP contribution in [0.2, 0.25) is 0 Å². The number of nitroso groups, excluding NO2 is 1. The first-order valence-corrected chi connectivity index (χ1v) is 5.05. The van der Waals surface area contributed by atoms with Crippen LogP contribution in [-0.2, 0) is 0 Å². The van der Waals surface area contributed by atoms with Crippen molar-refractivity contribution in [2.45, 2.75) is 32.4 Å². The highest BCUT2D eigenvalue weighted by Crippen LogP contribution is 2.10. The van der Waals surface area contributed by atoms with Gasteiger partial charge in [-0.15, -0.1) is 0 Å². The van der Waals surface area contributed by atoms with Gasteiger partial charge in [0.25, 0.3) is 0 Å². The van der Waals surface area contributed by atoms with Crippen LogP contribution in [0.25, 0.3) is 0 Å². The Balaban J connectivity index is 2.53. The van der Waals surface area contributed by atoms with Crippen molar-refractivity contribution in [3.63, 3.8) is 0 Å². The average Bonchev–Trinajstić information content (AvgIpc) is 2.07. The summed E-state index contributed by atoms with van der Waals surface area (Å²) in [6.45, 7) is 2.10. The van der Waals surface area contributed by atoms with Crippen LogP contribution < -0.4 is 0 Å². The first kappa shape index (κ1) is 9.76. The molecule has 0 aromatic carbocycles. The molecule has 4 nitrogen and oxygen atoms in total. The van der Waals surface area contributed by atoms with Gasteiger partial charge in [-0.2, -0.15) is 4.99 Å². The maximum absolute atomic E-state index is 11.1. The third-order valence-corrected chi connectivity index (χ3v) is 2.20. The second-order valence-corrected chi connectivity index (χ2v) is 3.59. The van der Waals surface area contributed by atoms with Gasteiger partial charge in [0.15, 0.2) is 0 Å². The summed E-state index contributed by atoms with van der Waals surface area (Å²) in [5, 5.41) is 0. The molecule has 1 atom stereocenters. The van der Waals surface area contributed by atoms with Gasteiger partial charge in [-0.1, -0.05) is 18.3 Å². The van der Waals surface area contributed by atoms with Crippen molar-refractivity contribution >= 4 is 32.8 Å². The SMILES string of the molecule is CCCCC1N=C(I)N=C[N+]1=O. The molecule has 0 aliphatic carbocycles. The van der Waals surface area contributed by atoms with E-state index in [-0.39, 0.29) is 6.17 Å². The Hall–Kier alpha value is -0.330. The van der Waals surface area contributed by atoms with Gasteiger partial charge in [0, 0.05) is 29.0 Å². The van der Waals surface area contributed by atoms with E-state index in [1.54, 1.807) is 0 Å². The lowest BCUT2D eigenvalue weighted by molar-refractivity contribution is -0.468. The number of hydrogen-bond donors (Lipinski definition) is 0. The van der Waals surface area contributed by atoms with E-state index in [9.17, 15) is 4.91 Å². The summed E-state index contributed by atoms with van der Waals surface area (Å²) in [4.78, 5) is 19.0. The zero-order chi connectivity index (χ0) is 8.97.